The van der Waals surface area contributed by atoms with Crippen molar-refractivity contribution >= 4 is 23.1 Å². The fourth-order valence-electron chi connectivity index (χ4n) is 2.16. The smallest absolute Gasteiger partial charge is 0.0649 e. The van der Waals surface area contributed by atoms with Gasteiger partial charge in [-0.25, -0.2) is 0 Å². The Bertz CT molecular complexity index is 478. The number of aromatic nitrogens is 2. The van der Waals surface area contributed by atoms with Crippen LogP contribution in [0.1, 0.15) is 30.6 Å². The normalized spacial score (nSPS) is 23.6. The Balaban J connectivity index is 1.71. The van der Waals surface area contributed by atoms with Crippen molar-refractivity contribution in [3.05, 3.63) is 35.0 Å². The maximum absolute atomic E-state index is 3.97. The lowest BCUT2D eigenvalue weighted by atomic mass is 10.0. The van der Waals surface area contributed by atoms with Crippen LogP contribution in [0.3, 0.4) is 0 Å². The van der Waals surface area contributed by atoms with Gasteiger partial charge in [0.25, 0.3) is 0 Å². The van der Waals surface area contributed by atoms with E-state index in [2.05, 4.69) is 33.9 Å². The monoisotopic (exact) mass is 265 g/mol. The Kier molecular flexibility index (Phi) is 3.22. The maximum Gasteiger partial charge on any atom is 0.0649 e. The average molecular weight is 265 g/mol. The summed E-state index contributed by atoms with van der Waals surface area (Å²) in [6.07, 6.45) is 2.99. The van der Waals surface area contributed by atoms with E-state index in [4.69, 9.17) is 0 Å². The summed E-state index contributed by atoms with van der Waals surface area (Å²) in [5, 5.41) is 13.5. The molecule has 2 aromatic heterocycles. The van der Waals surface area contributed by atoms with Gasteiger partial charge < -0.3 is 5.32 Å². The predicted octanol–water partition coefficient (Wildman–Crippen LogP) is 3.19. The number of hydrogen-bond donors (Lipinski definition) is 2. The lowest BCUT2D eigenvalue weighted by Gasteiger charge is -2.27. The van der Waals surface area contributed by atoms with Crippen molar-refractivity contribution in [2.75, 3.05) is 0 Å². The first kappa shape index (κ1) is 11.3. The molecule has 17 heavy (non-hydrogen) atoms. The predicted molar refractivity (Wildman–Crippen MR) is 72.4 cm³/mol. The summed E-state index contributed by atoms with van der Waals surface area (Å²) in [6.45, 7) is 3.16. The van der Waals surface area contributed by atoms with Crippen LogP contribution >= 0.6 is 23.1 Å². The van der Waals surface area contributed by atoms with Gasteiger partial charge >= 0.3 is 0 Å². The lowest BCUT2D eigenvalue weighted by molar-refractivity contribution is 0.484. The van der Waals surface area contributed by atoms with Crippen molar-refractivity contribution in [3.63, 3.8) is 0 Å². The van der Waals surface area contributed by atoms with Gasteiger partial charge in [0.1, 0.15) is 0 Å². The molecule has 1 aliphatic heterocycles. The van der Waals surface area contributed by atoms with E-state index in [0.29, 0.717) is 11.3 Å². The third-order valence-electron chi connectivity index (χ3n) is 3.01. The fourth-order valence-corrected chi connectivity index (χ4v) is 4.73. The molecule has 2 aromatic rings. The molecule has 0 spiro atoms. The highest BCUT2D eigenvalue weighted by Gasteiger charge is 2.25. The van der Waals surface area contributed by atoms with Crippen molar-refractivity contribution in [2.45, 2.75) is 35.4 Å². The molecule has 3 nitrogen and oxygen atoms in total. The lowest BCUT2D eigenvalue weighted by Crippen LogP contribution is -2.26. The Morgan fingerprint density at radius 2 is 2.47 bits per heavy atom. The third kappa shape index (κ3) is 2.41. The van der Waals surface area contributed by atoms with Crippen LogP contribution in [0.15, 0.2) is 27.9 Å². The Labute approximate surface area is 109 Å². The van der Waals surface area contributed by atoms with Crippen LogP contribution in [0.25, 0.3) is 0 Å². The van der Waals surface area contributed by atoms with Gasteiger partial charge in [0, 0.05) is 29.7 Å². The SMILES string of the molecule is C[C@H]1CC(NCc2ccn[nH]2)c2ccsc2S1. The second-order valence-corrected chi connectivity index (χ2v) is 6.97. The van der Waals surface area contributed by atoms with Crippen LogP contribution in [0.4, 0.5) is 0 Å². The highest BCUT2D eigenvalue weighted by molar-refractivity contribution is 8.01. The molecule has 1 unspecified atom stereocenters. The number of thiophene rings is 1. The number of rotatable bonds is 3. The van der Waals surface area contributed by atoms with Crippen LogP contribution in [-0.2, 0) is 6.54 Å². The topological polar surface area (TPSA) is 40.7 Å². The first-order chi connectivity index (χ1) is 8.33. The summed E-state index contributed by atoms with van der Waals surface area (Å²) in [5.41, 5.74) is 2.62. The standard InChI is InChI=1S/C12H15N3S2/c1-8-6-11(10-3-5-16-12(10)17-8)13-7-9-2-4-14-15-9/h2-5,8,11,13H,6-7H2,1H3,(H,14,15)/t8-,11?/m0/s1. The van der Waals surface area contributed by atoms with Gasteiger partial charge in [-0.3, -0.25) is 5.10 Å². The Morgan fingerprint density at radius 3 is 3.29 bits per heavy atom. The third-order valence-corrected chi connectivity index (χ3v) is 5.35. The highest BCUT2D eigenvalue weighted by Crippen LogP contribution is 2.43. The van der Waals surface area contributed by atoms with Gasteiger partial charge in [0.15, 0.2) is 0 Å². The minimum absolute atomic E-state index is 0.482. The van der Waals surface area contributed by atoms with Crippen LogP contribution in [0.2, 0.25) is 0 Å². The van der Waals surface area contributed by atoms with Crippen molar-refractivity contribution in [3.8, 4) is 0 Å². The molecule has 2 N–H and O–H groups in total. The van der Waals surface area contributed by atoms with Crippen LogP contribution in [0, 0.1) is 0 Å². The molecule has 0 aromatic carbocycles. The summed E-state index contributed by atoms with van der Waals surface area (Å²) in [7, 11) is 0. The molecule has 1 aliphatic rings. The Morgan fingerprint density at radius 1 is 1.53 bits per heavy atom. The van der Waals surface area contributed by atoms with E-state index in [9.17, 15) is 0 Å². The van der Waals surface area contributed by atoms with E-state index in [-0.39, 0.29) is 0 Å². The van der Waals surface area contributed by atoms with Gasteiger partial charge in [-0.2, -0.15) is 5.10 Å². The molecule has 0 saturated carbocycles. The first-order valence-electron chi connectivity index (χ1n) is 5.78. The van der Waals surface area contributed by atoms with Crippen molar-refractivity contribution in [2.24, 2.45) is 0 Å². The highest BCUT2D eigenvalue weighted by atomic mass is 32.2. The Hall–Kier alpha value is -0.780. The molecule has 90 valence electrons. The van der Waals surface area contributed by atoms with Crippen LogP contribution < -0.4 is 5.32 Å². The first-order valence-corrected chi connectivity index (χ1v) is 7.54. The van der Waals surface area contributed by atoms with E-state index in [1.54, 1.807) is 6.20 Å². The van der Waals surface area contributed by atoms with Gasteiger partial charge in [-0.1, -0.05) is 6.92 Å². The minimum atomic E-state index is 0.482. The van der Waals surface area contributed by atoms with Crippen LogP contribution in [0.5, 0.6) is 0 Å². The molecule has 2 atom stereocenters. The molecule has 0 aliphatic carbocycles. The van der Waals surface area contributed by atoms with E-state index in [1.807, 2.05) is 29.2 Å². The average Bonchev–Trinajstić information content (AvgIpc) is 2.95. The van der Waals surface area contributed by atoms with Gasteiger partial charge in [0.2, 0.25) is 0 Å². The number of nitrogens with one attached hydrogen (secondary N) is 2. The number of nitrogens with zero attached hydrogens (tertiary/aromatic N) is 1. The molecular weight excluding hydrogens is 250 g/mol. The summed E-state index contributed by atoms with van der Waals surface area (Å²) in [6, 6.07) is 4.75. The molecule has 0 saturated heterocycles. The largest absolute Gasteiger partial charge is 0.304 e. The van der Waals surface area contributed by atoms with E-state index in [0.717, 1.165) is 12.2 Å². The van der Waals surface area contributed by atoms with Crippen molar-refractivity contribution in [1.82, 2.24) is 15.5 Å². The summed E-state index contributed by atoms with van der Waals surface area (Å²) in [5.74, 6) is 0. The van der Waals surface area contributed by atoms with Gasteiger partial charge in [-0.05, 0) is 29.5 Å². The zero-order chi connectivity index (χ0) is 11.7. The molecule has 3 heterocycles. The molecule has 0 fully saturated rings. The van der Waals surface area contributed by atoms with Gasteiger partial charge in [0.05, 0.1) is 4.21 Å². The number of thioether (sulfide) groups is 1. The molecule has 0 amide bonds. The molecule has 0 bridgehead atoms. The van der Waals surface area contributed by atoms with E-state index in [1.165, 1.54) is 16.2 Å². The summed E-state index contributed by atoms with van der Waals surface area (Å²) in [4.78, 5) is 0. The van der Waals surface area contributed by atoms with Crippen molar-refractivity contribution in [1.29, 1.82) is 0 Å². The fraction of sp³-hybridized carbons (Fsp3) is 0.417. The molecular formula is C12H15N3S2. The van der Waals surface area contributed by atoms with Crippen molar-refractivity contribution < 1.29 is 0 Å². The molecule has 0 radical (unpaired) electrons. The maximum atomic E-state index is 3.97. The zero-order valence-electron chi connectivity index (χ0n) is 9.64. The van der Waals surface area contributed by atoms with Gasteiger partial charge in [-0.15, -0.1) is 23.1 Å². The number of aromatic amines is 1. The van der Waals surface area contributed by atoms with E-state index < -0.39 is 0 Å². The molecule has 5 heteroatoms. The summed E-state index contributed by atoms with van der Waals surface area (Å²) >= 11 is 3.86. The quantitative estimate of drug-likeness (QED) is 0.895. The second-order valence-electron chi connectivity index (χ2n) is 4.34. The van der Waals surface area contributed by atoms with E-state index >= 15 is 0 Å². The minimum Gasteiger partial charge on any atom is -0.304 e. The second kappa shape index (κ2) is 4.84. The number of hydrogen-bond acceptors (Lipinski definition) is 4. The summed E-state index contributed by atoms with van der Waals surface area (Å²) < 4.78 is 1.48. The number of H-pyrrole nitrogens is 1. The zero-order valence-corrected chi connectivity index (χ0v) is 11.3. The number of fused-ring (bicyclic) bond motifs is 1. The molecule has 3 rings (SSSR count). The van der Waals surface area contributed by atoms with Crippen LogP contribution in [-0.4, -0.2) is 15.4 Å².